The SMILES string of the molecule is COc1nc(-c2cccc(-c3ccc4c(CNC[C@H](C)OC)cn(C)c4n3)c2Cl)ccc1CNC[C@@H]1CCC(=O)N1. The average molecular weight is 577 g/mol. The number of nitrogens with zero attached hydrogens (tertiary/aromatic N) is 3. The van der Waals surface area contributed by atoms with Gasteiger partial charge in [-0.25, -0.2) is 9.97 Å². The second-order valence-electron chi connectivity index (χ2n) is 10.5. The van der Waals surface area contributed by atoms with Crippen molar-refractivity contribution in [3.8, 4) is 28.4 Å². The maximum absolute atomic E-state index is 11.4. The Labute approximate surface area is 245 Å². The van der Waals surface area contributed by atoms with E-state index in [-0.39, 0.29) is 18.1 Å². The fraction of sp³-hybridized carbons (Fsp3) is 0.387. The Morgan fingerprint density at radius 3 is 2.49 bits per heavy atom. The number of benzene rings is 1. The lowest BCUT2D eigenvalue weighted by Crippen LogP contribution is -2.35. The average Bonchev–Trinajstić information content (AvgIpc) is 3.54. The van der Waals surface area contributed by atoms with E-state index in [1.807, 2.05) is 54.9 Å². The van der Waals surface area contributed by atoms with Crippen molar-refractivity contribution in [2.75, 3.05) is 27.3 Å². The van der Waals surface area contributed by atoms with Gasteiger partial charge in [-0.05, 0) is 37.1 Å². The van der Waals surface area contributed by atoms with Crippen LogP contribution in [0.1, 0.15) is 30.9 Å². The van der Waals surface area contributed by atoms with E-state index < -0.39 is 0 Å². The van der Waals surface area contributed by atoms with Crippen LogP contribution in [0.15, 0.2) is 48.7 Å². The van der Waals surface area contributed by atoms with Crippen LogP contribution in [-0.4, -0.2) is 59.9 Å². The van der Waals surface area contributed by atoms with Gasteiger partial charge in [0.25, 0.3) is 0 Å². The van der Waals surface area contributed by atoms with Crippen molar-refractivity contribution in [1.29, 1.82) is 0 Å². The van der Waals surface area contributed by atoms with E-state index in [0.717, 1.165) is 58.6 Å². The molecule has 2 atom stereocenters. The van der Waals surface area contributed by atoms with E-state index in [2.05, 4.69) is 28.2 Å². The summed E-state index contributed by atoms with van der Waals surface area (Å²) in [4.78, 5) is 21.2. The Morgan fingerprint density at radius 2 is 1.78 bits per heavy atom. The number of halogens is 1. The smallest absolute Gasteiger partial charge is 0.220 e. The largest absolute Gasteiger partial charge is 0.481 e. The number of ether oxygens (including phenoxy) is 2. The molecule has 1 aromatic carbocycles. The zero-order chi connectivity index (χ0) is 28.9. The predicted molar refractivity (Wildman–Crippen MR) is 162 cm³/mol. The van der Waals surface area contributed by atoms with Crippen LogP contribution in [0.2, 0.25) is 5.02 Å². The van der Waals surface area contributed by atoms with Crippen LogP contribution < -0.4 is 20.7 Å². The fourth-order valence-corrected chi connectivity index (χ4v) is 5.51. The van der Waals surface area contributed by atoms with Crippen molar-refractivity contribution in [2.24, 2.45) is 7.05 Å². The molecule has 1 fully saturated rings. The van der Waals surface area contributed by atoms with Gasteiger partial charge in [0.1, 0.15) is 5.65 Å². The Kier molecular flexibility index (Phi) is 9.19. The molecular formula is C31H37ClN6O3. The lowest BCUT2D eigenvalue weighted by atomic mass is 10.0. The minimum absolute atomic E-state index is 0.115. The Morgan fingerprint density at radius 1 is 1.05 bits per heavy atom. The normalized spacial score (nSPS) is 15.8. The monoisotopic (exact) mass is 576 g/mol. The van der Waals surface area contributed by atoms with Crippen LogP contribution in [0.4, 0.5) is 0 Å². The zero-order valence-corrected chi connectivity index (χ0v) is 24.7. The fourth-order valence-electron chi connectivity index (χ4n) is 5.19. The number of fused-ring (bicyclic) bond motifs is 1. The van der Waals surface area contributed by atoms with Gasteiger partial charge in [0.15, 0.2) is 0 Å². The van der Waals surface area contributed by atoms with Crippen molar-refractivity contribution in [2.45, 2.75) is 45.0 Å². The molecule has 1 aliphatic heterocycles. The van der Waals surface area contributed by atoms with Gasteiger partial charge >= 0.3 is 0 Å². The van der Waals surface area contributed by atoms with Gasteiger partial charge in [0.2, 0.25) is 11.8 Å². The number of nitrogens with one attached hydrogen (secondary N) is 3. The predicted octanol–water partition coefficient (Wildman–Crippen LogP) is 4.46. The van der Waals surface area contributed by atoms with Gasteiger partial charge in [-0.1, -0.05) is 35.9 Å². The summed E-state index contributed by atoms with van der Waals surface area (Å²) < 4.78 is 13.0. The van der Waals surface area contributed by atoms with Crippen LogP contribution >= 0.6 is 11.6 Å². The van der Waals surface area contributed by atoms with E-state index in [4.69, 9.17) is 31.0 Å². The first-order valence-electron chi connectivity index (χ1n) is 13.9. The molecular weight excluding hydrogens is 540 g/mol. The second kappa shape index (κ2) is 13.0. The van der Waals surface area contributed by atoms with Crippen LogP contribution in [0.25, 0.3) is 33.5 Å². The molecule has 0 spiro atoms. The number of methoxy groups -OCH3 is 2. The lowest BCUT2D eigenvalue weighted by molar-refractivity contribution is -0.119. The molecule has 0 saturated carbocycles. The van der Waals surface area contributed by atoms with Gasteiger partial charge in [-0.3, -0.25) is 4.79 Å². The van der Waals surface area contributed by atoms with E-state index in [1.165, 1.54) is 5.56 Å². The Balaban J connectivity index is 1.35. The van der Waals surface area contributed by atoms with E-state index in [9.17, 15) is 4.79 Å². The van der Waals surface area contributed by atoms with Crippen molar-refractivity contribution in [1.82, 2.24) is 30.5 Å². The number of carbonyl (C=O) groups excluding carboxylic acids is 1. The van der Waals surface area contributed by atoms with Crippen LogP contribution in [0.5, 0.6) is 5.88 Å². The van der Waals surface area contributed by atoms with Gasteiger partial charge in [0, 0.05) is 81.1 Å². The summed E-state index contributed by atoms with van der Waals surface area (Å²) in [5.41, 5.74) is 6.18. The molecule has 4 heterocycles. The third-order valence-corrected chi connectivity index (χ3v) is 7.94. The van der Waals surface area contributed by atoms with Gasteiger partial charge in [-0.15, -0.1) is 0 Å². The van der Waals surface area contributed by atoms with Crippen molar-refractivity contribution >= 4 is 28.5 Å². The summed E-state index contributed by atoms with van der Waals surface area (Å²) in [6.07, 6.45) is 3.71. The summed E-state index contributed by atoms with van der Waals surface area (Å²) >= 11 is 6.99. The third-order valence-electron chi connectivity index (χ3n) is 7.53. The molecule has 3 N–H and O–H groups in total. The highest BCUT2D eigenvalue weighted by Gasteiger charge is 2.20. The number of carbonyl (C=O) groups is 1. The maximum Gasteiger partial charge on any atom is 0.220 e. The molecule has 0 radical (unpaired) electrons. The maximum atomic E-state index is 11.4. The van der Waals surface area contributed by atoms with E-state index in [0.29, 0.717) is 30.4 Å². The molecule has 3 aromatic heterocycles. The first-order valence-corrected chi connectivity index (χ1v) is 14.3. The van der Waals surface area contributed by atoms with Crippen LogP contribution in [0, 0.1) is 0 Å². The van der Waals surface area contributed by atoms with E-state index >= 15 is 0 Å². The second-order valence-corrected chi connectivity index (χ2v) is 10.9. The zero-order valence-electron chi connectivity index (χ0n) is 24.0. The van der Waals surface area contributed by atoms with Gasteiger partial charge < -0.3 is 30.0 Å². The highest BCUT2D eigenvalue weighted by atomic mass is 35.5. The number of hydrogen-bond donors (Lipinski definition) is 3. The van der Waals surface area contributed by atoms with Gasteiger partial charge in [-0.2, -0.15) is 0 Å². The van der Waals surface area contributed by atoms with E-state index in [1.54, 1.807) is 14.2 Å². The Hall–Kier alpha value is -3.50. The minimum Gasteiger partial charge on any atom is -0.481 e. The minimum atomic E-state index is 0.115. The number of hydrogen-bond acceptors (Lipinski definition) is 7. The van der Waals surface area contributed by atoms with Gasteiger partial charge in [0.05, 0.1) is 29.6 Å². The summed E-state index contributed by atoms with van der Waals surface area (Å²) in [6.45, 7) is 4.84. The Bertz CT molecular complexity index is 1540. The lowest BCUT2D eigenvalue weighted by Gasteiger charge is -2.14. The highest BCUT2D eigenvalue weighted by Crippen LogP contribution is 2.37. The molecule has 9 nitrogen and oxygen atoms in total. The van der Waals surface area contributed by atoms with Crippen LogP contribution in [-0.2, 0) is 29.7 Å². The number of rotatable bonds is 12. The number of amides is 1. The molecule has 1 aliphatic rings. The first-order chi connectivity index (χ1) is 19.9. The summed E-state index contributed by atoms with van der Waals surface area (Å²) in [6, 6.07) is 14.2. The summed E-state index contributed by atoms with van der Waals surface area (Å²) in [5.74, 6) is 0.653. The first kappa shape index (κ1) is 29.0. The van der Waals surface area contributed by atoms with Crippen molar-refractivity contribution < 1.29 is 14.3 Å². The molecule has 0 aliphatic carbocycles. The molecule has 4 aromatic rings. The van der Waals surface area contributed by atoms with Crippen molar-refractivity contribution in [3.63, 3.8) is 0 Å². The molecule has 216 valence electrons. The quantitative estimate of drug-likeness (QED) is 0.229. The number of aromatic nitrogens is 3. The molecule has 1 amide bonds. The highest BCUT2D eigenvalue weighted by molar-refractivity contribution is 6.36. The molecule has 1 saturated heterocycles. The topological polar surface area (TPSA) is 102 Å². The van der Waals surface area contributed by atoms with Crippen molar-refractivity contribution in [3.05, 3.63) is 64.8 Å². The molecule has 0 unspecified atom stereocenters. The summed E-state index contributed by atoms with van der Waals surface area (Å²) in [5, 5.41) is 11.5. The number of aryl methyl sites for hydroxylation is 1. The molecule has 10 heteroatoms. The third kappa shape index (κ3) is 6.54. The molecule has 5 rings (SSSR count). The standard InChI is InChI=1S/C31H37ClN6O3/c1-19(40-3)14-33-16-21-18-38(2)30-23(21)10-12-26(36-30)24-6-5-7-25(29(24)32)27-11-8-20(31(37-27)41-4)15-34-17-22-9-13-28(39)35-22/h5-8,10-12,18-19,22,33-34H,9,13-17H2,1-4H3,(H,35,39)/t19-,22-/m0/s1. The molecule has 0 bridgehead atoms. The molecule has 41 heavy (non-hydrogen) atoms. The number of pyridine rings is 2. The van der Waals surface area contributed by atoms with Crippen LogP contribution in [0.3, 0.4) is 0 Å². The summed E-state index contributed by atoms with van der Waals surface area (Å²) in [7, 11) is 5.35.